The summed E-state index contributed by atoms with van der Waals surface area (Å²) in [6.07, 6.45) is 0.829. The average Bonchev–Trinajstić information content (AvgIpc) is 2.73. The largest absolute Gasteiger partial charge is 0.497 e. The molecule has 6 heteroatoms. The fourth-order valence-corrected chi connectivity index (χ4v) is 2.37. The first-order chi connectivity index (χ1) is 9.62. The van der Waals surface area contributed by atoms with Gasteiger partial charge in [-0.05, 0) is 18.6 Å². The molecule has 2 amide bonds. The van der Waals surface area contributed by atoms with E-state index in [1.165, 1.54) is 0 Å². The SMILES string of the molecule is CCCN1C(=O)NC(=N)C1c1ccc(OC)cc1OC. The van der Waals surface area contributed by atoms with Gasteiger partial charge in [-0.25, -0.2) is 4.79 Å². The predicted octanol–water partition coefficient (Wildman–Crippen LogP) is 2.16. The zero-order valence-corrected chi connectivity index (χ0v) is 11.9. The van der Waals surface area contributed by atoms with E-state index < -0.39 is 6.04 Å². The third-order valence-electron chi connectivity index (χ3n) is 3.29. The van der Waals surface area contributed by atoms with Crippen LogP contribution in [0.5, 0.6) is 11.5 Å². The van der Waals surface area contributed by atoms with Crippen LogP contribution in [-0.2, 0) is 0 Å². The highest BCUT2D eigenvalue weighted by atomic mass is 16.5. The zero-order chi connectivity index (χ0) is 14.7. The topological polar surface area (TPSA) is 74.7 Å². The van der Waals surface area contributed by atoms with E-state index in [1.54, 1.807) is 31.3 Å². The molecule has 0 saturated carbocycles. The molecule has 108 valence electrons. The zero-order valence-electron chi connectivity index (χ0n) is 11.9. The van der Waals surface area contributed by atoms with Crippen LogP contribution in [0.25, 0.3) is 0 Å². The number of ether oxygens (including phenoxy) is 2. The van der Waals surface area contributed by atoms with Crippen molar-refractivity contribution < 1.29 is 14.3 Å². The van der Waals surface area contributed by atoms with Crippen LogP contribution in [0.15, 0.2) is 18.2 Å². The Morgan fingerprint density at radius 3 is 2.70 bits per heavy atom. The summed E-state index contributed by atoms with van der Waals surface area (Å²) in [6, 6.07) is 4.73. The lowest BCUT2D eigenvalue weighted by atomic mass is 10.0. The van der Waals surface area contributed by atoms with Crippen molar-refractivity contribution in [1.82, 2.24) is 10.2 Å². The Kier molecular flexibility index (Phi) is 4.12. The molecule has 0 aliphatic carbocycles. The highest BCUT2D eigenvalue weighted by Gasteiger charge is 2.37. The molecule has 1 aliphatic rings. The number of rotatable bonds is 5. The normalized spacial score (nSPS) is 18.1. The minimum Gasteiger partial charge on any atom is -0.497 e. The molecule has 1 unspecified atom stereocenters. The van der Waals surface area contributed by atoms with Gasteiger partial charge in [-0.1, -0.05) is 6.92 Å². The molecule has 1 fully saturated rings. The molecule has 0 spiro atoms. The van der Waals surface area contributed by atoms with Gasteiger partial charge >= 0.3 is 6.03 Å². The van der Waals surface area contributed by atoms with Crippen molar-refractivity contribution in [3.63, 3.8) is 0 Å². The first kappa shape index (κ1) is 14.2. The maximum absolute atomic E-state index is 11.9. The van der Waals surface area contributed by atoms with E-state index in [0.717, 1.165) is 12.0 Å². The Hall–Kier alpha value is -2.24. The Morgan fingerprint density at radius 2 is 2.10 bits per heavy atom. The molecule has 1 aliphatic heterocycles. The number of hydrogen-bond acceptors (Lipinski definition) is 4. The fraction of sp³-hybridized carbons (Fsp3) is 0.429. The van der Waals surface area contributed by atoms with E-state index in [4.69, 9.17) is 14.9 Å². The number of hydrogen-bond donors (Lipinski definition) is 2. The second-order valence-electron chi connectivity index (χ2n) is 4.55. The molecule has 2 N–H and O–H groups in total. The Balaban J connectivity index is 2.42. The van der Waals surface area contributed by atoms with Crippen molar-refractivity contribution in [2.24, 2.45) is 0 Å². The first-order valence-corrected chi connectivity index (χ1v) is 6.50. The molecule has 0 aromatic heterocycles. The van der Waals surface area contributed by atoms with Crippen LogP contribution in [0.3, 0.4) is 0 Å². The Morgan fingerprint density at radius 1 is 1.35 bits per heavy atom. The van der Waals surface area contributed by atoms with Crippen molar-refractivity contribution in [2.75, 3.05) is 20.8 Å². The van der Waals surface area contributed by atoms with Gasteiger partial charge in [-0.15, -0.1) is 0 Å². The van der Waals surface area contributed by atoms with Crippen LogP contribution >= 0.6 is 0 Å². The summed E-state index contributed by atoms with van der Waals surface area (Å²) in [5.74, 6) is 1.46. The second kappa shape index (κ2) is 5.81. The van der Waals surface area contributed by atoms with Gasteiger partial charge in [-0.2, -0.15) is 0 Å². The number of methoxy groups -OCH3 is 2. The molecule has 2 rings (SSSR count). The standard InChI is InChI=1S/C14H19N3O3/c1-4-7-17-12(13(15)16-14(17)18)10-6-5-9(19-2)8-11(10)20-3/h5-6,8,12H,4,7H2,1-3H3,(H2,15,16,18). The van der Waals surface area contributed by atoms with Gasteiger partial charge < -0.3 is 14.4 Å². The summed E-state index contributed by atoms with van der Waals surface area (Å²) in [4.78, 5) is 13.5. The molecule has 6 nitrogen and oxygen atoms in total. The van der Waals surface area contributed by atoms with Gasteiger partial charge in [0.25, 0.3) is 0 Å². The molecule has 0 bridgehead atoms. The number of nitrogens with zero attached hydrogens (tertiary/aromatic N) is 1. The van der Waals surface area contributed by atoms with Crippen LogP contribution < -0.4 is 14.8 Å². The minimum atomic E-state index is -0.427. The van der Waals surface area contributed by atoms with Crippen LogP contribution in [0.2, 0.25) is 0 Å². The third kappa shape index (κ3) is 2.41. The molecule has 20 heavy (non-hydrogen) atoms. The Bertz CT molecular complexity index is 530. The molecule has 1 heterocycles. The van der Waals surface area contributed by atoms with Crippen LogP contribution in [-0.4, -0.2) is 37.5 Å². The van der Waals surface area contributed by atoms with Crippen LogP contribution in [0, 0.1) is 5.41 Å². The number of benzene rings is 1. The van der Waals surface area contributed by atoms with E-state index in [-0.39, 0.29) is 11.9 Å². The molecule has 1 aromatic rings. The number of amides is 2. The van der Waals surface area contributed by atoms with Gasteiger partial charge in [0.05, 0.1) is 14.2 Å². The summed E-state index contributed by atoms with van der Waals surface area (Å²) < 4.78 is 10.5. The van der Waals surface area contributed by atoms with Crippen LogP contribution in [0.1, 0.15) is 24.9 Å². The highest BCUT2D eigenvalue weighted by Crippen LogP contribution is 2.35. The number of urea groups is 1. The lowest BCUT2D eigenvalue weighted by molar-refractivity contribution is 0.205. The first-order valence-electron chi connectivity index (χ1n) is 6.50. The number of carbonyl (C=O) groups excluding carboxylic acids is 1. The summed E-state index contributed by atoms with van der Waals surface area (Å²) >= 11 is 0. The van der Waals surface area contributed by atoms with Gasteiger partial charge in [0.2, 0.25) is 0 Å². The number of nitrogens with one attached hydrogen (secondary N) is 2. The smallest absolute Gasteiger partial charge is 0.323 e. The number of carbonyl (C=O) groups is 1. The third-order valence-corrected chi connectivity index (χ3v) is 3.29. The fourth-order valence-electron chi connectivity index (χ4n) is 2.37. The van der Waals surface area contributed by atoms with E-state index in [0.29, 0.717) is 18.0 Å². The second-order valence-corrected chi connectivity index (χ2v) is 4.55. The maximum Gasteiger partial charge on any atom is 0.323 e. The summed E-state index contributed by atoms with van der Waals surface area (Å²) in [5.41, 5.74) is 0.783. The molecule has 1 saturated heterocycles. The maximum atomic E-state index is 11.9. The molecular weight excluding hydrogens is 258 g/mol. The van der Waals surface area contributed by atoms with Crippen molar-refractivity contribution >= 4 is 11.9 Å². The minimum absolute atomic E-state index is 0.173. The monoisotopic (exact) mass is 277 g/mol. The van der Waals surface area contributed by atoms with E-state index in [2.05, 4.69) is 5.32 Å². The Labute approximate surface area is 118 Å². The molecule has 0 radical (unpaired) electrons. The lowest BCUT2D eigenvalue weighted by Gasteiger charge is -2.24. The lowest BCUT2D eigenvalue weighted by Crippen LogP contribution is -2.30. The molecular formula is C14H19N3O3. The average molecular weight is 277 g/mol. The quantitative estimate of drug-likeness (QED) is 0.866. The highest BCUT2D eigenvalue weighted by molar-refractivity contribution is 6.06. The van der Waals surface area contributed by atoms with Gasteiger partial charge in [0.15, 0.2) is 0 Å². The number of amidine groups is 1. The van der Waals surface area contributed by atoms with Crippen molar-refractivity contribution in [1.29, 1.82) is 5.41 Å². The predicted molar refractivity (Wildman–Crippen MR) is 75.5 cm³/mol. The van der Waals surface area contributed by atoms with Gasteiger partial charge in [0, 0.05) is 18.2 Å². The van der Waals surface area contributed by atoms with Crippen LogP contribution in [0.4, 0.5) is 4.79 Å². The molecule has 1 aromatic carbocycles. The summed E-state index contributed by atoms with van der Waals surface area (Å²) in [6.45, 7) is 2.59. The summed E-state index contributed by atoms with van der Waals surface area (Å²) in [7, 11) is 3.15. The van der Waals surface area contributed by atoms with E-state index >= 15 is 0 Å². The summed E-state index contributed by atoms with van der Waals surface area (Å²) in [5, 5.41) is 10.6. The molecule has 1 atom stereocenters. The van der Waals surface area contributed by atoms with Crippen molar-refractivity contribution in [2.45, 2.75) is 19.4 Å². The van der Waals surface area contributed by atoms with E-state index in [1.807, 2.05) is 13.0 Å². The van der Waals surface area contributed by atoms with Gasteiger partial charge in [0.1, 0.15) is 23.4 Å². The van der Waals surface area contributed by atoms with E-state index in [9.17, 15) is 4.79 Å². The van der Waals surface area contributed by atoms with Crippen molar-refractivity contribution in [3.05, 3.63) is 23.8 Å². The van der Waals surface area contributed by atoms with Crippen molar-refractivity contribution in [3.8, 4) is 11.5 Å². The van der Waals surface area contributed by atoms with Gasteiger partial charge in [-0.3, -0.25) is 10.7 Å².